The van der Waals surface area contributed by atoms with Gasteiger partial charge in [-0.05, 0) is 30.0 Å². The Balaban J connectivity index is 1.72. The van der Waals surface area contributed by atoms with Crippen molar-refractivity contribution < 1.29 is 0 Å². The molecule has 0 spiro atoms. The normalized spacial score (nSPS) is 12.7. The molecule has 1 heterocycles. The molecule has 0 radical (unpaired) electrons. The van der Waals surface area contributed by atoms with E-state index in [-0.39, 0.29) is 0 Å². The zero-order valence-corrected chi connectivity index (χ0v) is 13.3. The lowest BCUT2D eigenvalue weighted by Gasteiger charge is -2.15. The Labute approximate surface area is 132 Å². The fourth-order valence-corrected chi connectivity index (χ4v) is 2.25. The van der Waals surface area contributed by atoms with Crippen molar-refractivity contribution in [3.8, 4) is 0 Å². The molecule has 22 heavy (non-hydrogen) atoms. The van der Waals surface area contributed by atoms with E-state index in [4.69, 9.17) is 0 Å². The maximum atomic E-state index is 4.29. The van der Waals surface area contributed by atoms with E-state index in [1.807, 2.05) is 18.2 Å². The minimum Gasteiger partial charge on any atom is -0.356 e. The highest BCUT2D eigenvalue weighted by atomic mass is 15.2. The summed E-state index contributed by atoms with van der Waals surface area (Å²) in [7, 11) is 1.79. The van der Waals surface area contributed by atoms with Crippen LogP contribution in [-0.4, -0.2) is 24.5 Å². The molecule has 4 heteroatoms. The summed E-state index contributed by atoms with van der Waals surface area (Å²) in [5.74, 6) is 1.34. The van der Waals surface area contributed by atoms with Crippen LogP contribution in [0.3, 0.4) is 0 Å². The van der Waals surface area contributed by atoms with Crippen LogP contribution in [0.15, 0.2) is 59.7 Å². The average Bonchev–Trinajstić information content (AvgIpc) is 2.59. The van der Waals surface area contributed by atoms with Crippen LogP contribution >= 0.6 is 0 Å². The largest absolute Gasteiger partial charge is 0.356 e. The summed E-state index contributed by atoms with van der Waals surface area (Å²) in [6.45, 7) is 3.81. The monoisotopic (exact) mass is 296 g/mol. The summed E-state index contributed by atoms with van der Waals surface area (Å²) < 4.78 is 0. The molecule has 0 fully saturated rings. The summed E-state index contributed by atoms with van der Waals surface area (Å²) >= 11 is 0. The van der Waals surface area contributed by atoms with Gasteiger partial charge < -0.3 is 10.6 Å². The molecule has 1 atom stereocenters. The molecule has 1 aromatic heterocycles. The topological polar surface area (TPSA) is 49.3 Å². The van der Waals surface area contributed by atoms with Crippen LogP contribution in [0.2, 0.25) is 0 Å². The van der Waals surface area contributed by atoms with Crippen LogP contribution in [0.5, 0.6) is 0 Å². The SMILES string of the molecule is CN=C(NCCC(C)c1ccccc1)NCc1ccccn1. The van der Waals surface area contributed by atoms with Crippen molar-refractivity contribution in [3.63, 3.8) is 0 Å². The van der Waals surface area contributed by atoms with E-state index in [9.17, 15) is 0 Å². The van der Waals surface area contributed by atoms with Crippen molar-refractivity contribution in [2.45, 2.75) is 25.8 Å². The lowest BCUT2D eigenvalue weighted by atomic mass is 9.98. The highest BCUT2D eigenvalue weighted by Crippen LogP contribution is 2.17. The number of hydrogen-bond acceptors (Lipinski definition) is 2. The zero-order valence-electron chi connectivity index (χ0n) is 13.3. The average molecular weight is 296 g/mol. The first-order valence-corrected chi connectivity index (χ1v) is 7.69. The molecule has 0 aliphatic rings. The van der Waals surface area contributed by atoms with Crippen molar-refractivity contribution in [2.75, 3.05) is 13.6 Å². The van der Waals surface area contributed by atoms with Crippen LogP contribution in [0.4, 0.5) is 0 Å². The van der Waals surface area contributed by atoms with Gasteiger partial charge in [-0.3, -0.25) is 9.98 Å². The zero-order chi connectivity index (χ0) is 15.6. The van der Waals surface area contributed by atoms with Gasteiger partial charge in [0.2, 0.25) is 0 Å². The Morgan fingerprint density at radius 1 is 1.09 bits per heavy atom. The fourth-order valence-electron chi connectivity index (χ4n) is 2.25. The third kappa shape index (κ3) is 5.20. The standard InChI is InChI=1S/C18H24N4/c1-15(16-8-4-3-5-9-16)11-13-21-18(19-2)22-14-17-10-6-7-12-20-17/h3-10,12,15H,11,13-14H2,1-2H3,(H2,19,21,22). The van der Waals surface area contributed by atoms with Crippen LogP contribution < -0.4 is 10.6 Å². The Morgan fingerprint density at radius 2 is 1.86 bits per heavy atom. The van der Waals surface area contributed by atoms with Crippen molar-refractivity contribution in [2.24, 2.45) is 4.99 Å². The van der Waals surface area contributed by atoms with E-state index in [1.165, 1.54) is 5.56 Å². The second-order valence-electron chi connectivity index (χ2n) is 5.27. The van der Waals surface area contributed by atoms with E-state index in [0.29, 0.717) is 12.5 Å². The molecular weight excluding hydrogens is 272 g/mol. The smallest absolute Gasteiger partial charge is 0.191 e. The van der Waals surface area contributed by atoms with Crippen molar-refractivity contribution >= 4 is 5.96 Å². The third-order valence-electron chi connectivity index (χ3n) is 3.63. The Bertz CT molecular complexity index is 566. The molecule has 1 unspecified atom stereocenters. The Hall–Kier alpha value is -2.36. The molecule has 2 rings (SSSR count). The molecule has 2 aromatic rings. The van der Waals surface area contributed by atoms with Crippen LogP contribution in [-0.2, 0) is 6.54 Å². The second-order valence-corrected chi connectivity index (χ2v) is 5.27. The number of nitrogens with zero attached hydrogens (tertiary/aromatic N) is 2. The van der Waals surface area contributed by atoms with Gasteiger partial charge in [0, 0.05) is 19.8 Å². The minimum atomic E-state index is 0.530. The van der Waals surface area contributed by atoms with E-state index in [1.54, 1.807) is 13.2 Å². The molecule has 0 saturated carbocycles. The number of rotatable bonds is 6. The first-order chi connectivity index (χ1) is 10.8. The molecule has 116 valence electrons. The second kappa shape index (κ2) is 8.82. The van der Waals surface area contributed by atoms with E-state index in [2.05, 4.69) is 57.9 Å². The molecule has 2 N–H and O–H groups in total. The number of aromatic nitrogens is 1. The maximum absolute atomic E-state index is 4.29. The van der Waals surface area contributed by atoms with Gasteiger partial charge >= 0.3 is 0 Å². The van der Waals surface area contributed by atoms with Crippen LogP contribution in [0.25, 0.3) is 0 Å². The first kappa shape index (κ1) is 16.0. The number of hydrogen-bond donors (Lipinski definition) is 2. The number of nitrogens with one attached hydrogen (secondary N) is 2. The summed E-state index contributed by atoms with van der Waals surface area (Å²) in [5, 5.41) is 6.63. The van der Waals surface area contributed by atoms with Crippen molar-refractivity contribution in [1.82, 2.24) is 15.6 Å². The Kier molecular flexibility index (Phi) is 6.42. The highest BCUT2D eigenvalue weighted by molar-refractivity contribution is 5.79. The molecule has 4 nitrogen and oxygen atoms in total. The van der Waals surface area contributed by atoms with Gasteiger partial charge in [0.25, 0.3) is 0 Å². The predicted molar refractivity (Wildman–Crippen MR) is 91.9 cm³/mol. The van der Waals surface area contributed by atoms with Gasteiger partial charge in [-0.25, -0.2) is 0 Å². The lowest BCUT2D eigenvalue weighted by Crippen LogP contribution is -2.37. The van der Waals surface area contributed by atoms with Gasteiger partial charge in [-0.15, -0.1) is 0 Å². The Morgan fingerprint density at radius 3 is 2.55 bits per heavy atom. The summed E-state index contributed by atoms with van der Waals surface area (Å²) in [5.41, 5.74) is 2.38. The summed E-state index contributed by atoms with van der Waals surface area (Å²) in [6.07, 6.45) is 2.86. The number of aliphatic imine (C=N–C) groups is 1. The fraction of sp³-hybridized carbons (Fsp3) is 0.333. The molecule has 0 aliphatic carbocycles. The van der Waals surface area contributed by atoms with Crippen LogP contribution in [0, 0.1) is 0 Å². The van der Waals surface area contributed by atoms with Gasteiger partial charge in [0.1, 0.15) is 0 Å². The van der Waals surface area contributed by atoms with Crippen molar-refractivity contribution in [1.29, 1.82) is 0 Å². The molecule has 0 bridgehead atoms. The number of guanidine groups is 1. The minimum absolute atomic E-state index is 0.530. The van der Waals surface area contributed by atoms with E-state index in [0.717, 1.165) is 24.6 Å². The maximum Gasteiger partial charge on any atom is 0.191 e. The third-order valence-corrected chi connectivity index (χ3v) is 3.63. The summed E-state index contributed by atoms with van der Waals surface area (Å²) in [6, 6.07) is 16.5. The van der Waals surface area contributed by atoms with E-state index < -0.39 is 0 Å². The van der Waals surface area contributed by atoms with Gasteiger partial charge in [0.05, 0.1) is 12.2 Å². The molecular formula is C18H24N4. The number of benzene rings is 1. The van der Waals surface area contributed by atoms with Gasteiger partial charge in [-0.1, -0.05) is 43.3 Å². The van der Waals surface area contributed by atoms with Crippen LogP contribution in [0.1, 0.15) is 30.5 Å². The lowest BCUT2D eigenvalue weighted by molar-refractivity contribution is 0.651. The molecule has 1 aromatic carbocycles. The van der Waals surface area contributed by atoms with Gasteiger partial charge in [0.15, 0.2) is 5.96 Å². The summed E-state index contributed by atoms with van der Waals surface area (Å²) in [4.78, 5) is 8.53. The van der Waals surface area contributed by atoms with Gasteiger partial charge in [-0.2, -0.15) is 0 Å². The molecule has 0 amide bonds. The molecule has 0 aliphatic heterocycles. The number of pyridine rings is 1. The quantitative estimate of drug-likeness (QED) is 0.636. The molecule has 0 saturated heterocycles. The predicted octanol–water partition coefficient (Wildman–Crippen LogP) is 2.94. The highest BCUT2D eigenvalue weighted by Gasteiger charge is 2.05. The van der Waals surface area contributed by atoms with Crippen molar-refractivity contribution in [3.05, 3.63) is 66.0 Å². The first-order valence-electron chi connectivity index (χ1n) is 7.69. The van der Waals surface area contributed by atoms with E-state index >= 15 is 0 Å².